The third-order valence-corrected chi connectivity index (χ3v) is 6.57. The molecule has 0 N–H and O–H groups in total. The lowest BCUT2D eigenvalue weighted by Gasteiger charge is -2.53. The van der Waals surface area contributed by atoms with Gasteiger partial charge in [-0.2, -0.15) is 21.0 Å². The lowest BCUT2D eigenvalue weighted by molar-refractivity contribution is 0.0105. The topological polar surface area (TPSA) is 95.2 Å². The van der Waals surface area contributed by atoms with E-state index in [4.69, 9.17) is 0 Å². The molecule has 4 heteroatoms. The lowest BCUT2D eigenvalue weighted by atomic mass is 9.40. The molecular weight excluding hydrogens is 332 g/mol. The molecule has 3 aromatic carbocycles. The lowest BCUT2D eigenvalue weighted by Crippen LogP contribution is -2.60. The fourth-order valence-corrected chi connectivity index (χ4v) is 5.43. The largest absolute Gasteiger partial charge is 0.196 e. The zero-order valence-electron chi connectivity index (χ0n) is 14.3. The smallest absolute Gasteiger partial charge is 0.182 e. The summed E-state index contributed by atoms with van der Waals surface area (Å²) in [7, 11) is 0. The summed E-state index contributed by atoms with van der Waals surface area (Å²) in [5.74, 6) is -0.757. The minimum atomic E-state index is -1.64. The van der Waals surface area contributed by atoms with Gasteiger partial charge in [0.1, 0.15) is 0 Å². The fourth-order valence-electron chi connectivity index (χ4n) is 5.43. The average molecular weight is 344 g/mol. The monoisotopic (exact) mass is 344 g/mol. The van der Waals surface area contributed by atoms with Gasteiger partial charge < -0.3 is 0 Å². The van der Waals surface area contributed by atoms with Crippen molar-refractivity contribution in [2.75, 3.05) is 0 Å². The number of nitrogens with zero attached hydrogens (tertiary/aromatic N) is 4. The summed E-state index contributed by atoms with van der Waals surface area (Å²) >= 11 is 0. The van der Waals surface area contributed by atoms with Crippen LogP contribution in [0.3, 0.4) is 0 Å². The Bertz CT molecular complexity index is 1300. The highest BCUT2D eigenvalue weighted by atomic mass is 14.7. The maximum Gasteiger partial charge on any atom is 0.182 e. The summed E-state index contributed by atoms with van der Waals surface area (Å²) < 4.78 is 0. The molecule has 0 heterocycles. The average Bonchev–Trinajstić information content (AvgIpc) is 3.09. The normalized spacial score (nSPS) is 23.1. The molecule has 27 heavy (non-hydrogen) atoms. The van der Waals surface area contributed by atoms with Gasteiger partial charge in [0, 0.05) is 11.8 Å². The van der Waals surface area contributed by atoms with E-state index in [9.17, 15) is 21.0 Å². The van der Waals surface area contributed by atoms with Crippen LogP contribution in [0.2, 0.25) is 0 Å². The second-order valence-electron chi connectivity index (χ2n) is 7.33. The van der Waals surface area contributed by atoms with E-state index in [0.29, 0.717) is 6.42 Å². The van der Waals surface area contributed by atoms with Gasteiger partial charge in [0.2, 0.25) is 0 Å². The van der Waals surface area contributed by atoms with Crippen molar-refractivity contribution in [2.24, 2.45) is 16.7 Å². The van der Waals surface area contributed by atoms with Gasteiger partial charge in [0.05, 0.1) is 24.3 Å². The predicted octanol–water partition coefficient (Wildman–Crippen LogP) is 4.33. The first-order chi connectivity index (χ1) is 13.2. The Hall–Kier alpha value is -3.86. The molecule has 2 aliphatic carbocycles. The van der Waals surface area contributed by atoms with Crippen LogP contribution in [0, 0.1) is 62.1 Å². The van der Waals surface area contributed by atoms with Crippen molar-refractivity contribution in [3.05, 3.63) is 59.7 Å². The highest BCUT2D eigenvalue weighted by Crippen LogP contribution is 2.73. The molecule has 0 spiro atoms. The number of rotatable bonds is 0. The van der Waals surface area contributed by atoms with E-state index in [0.717, 1.165) is 32.7 Å². The molecule has 2 atom stereocenters. The summed E-state index contributed by atoms with van der Waals surface area (Å²) in [4.78, 5) is 0. The maximum absolute atomic E-state index is 9.92. The molecule has 2 aliphatic rings. The third kappa shape index (κ3) is 1.43. The van der Waals surface area contributed by atoms with Gasteiger partial charge in [-0.15, -0.1) is 0 Å². The van der Waals surface area contributed by atoms with Crippen LogP contribution in [0.4, 0.5) is 0 Å². The zero-order valence-corrected chi connectivity index (χ0v) is 14.3. The number of fused-ring (bicyclic) bond motifs is 8. The Morgan fingerprint density at radius 2 is 1.15 bits per heavy atom. The van der Waals surface area contributed by atoms with Crippen LogP contribution in [-0.4, -0.2) is 0 Å². The molecule has 0 unspecified atom stereocenters. The molecule has 1 saturated carbocycles. The van der Waals surface area contributed by atoms with Crippen molar-refractivity contribution >= 4 is 21.5 Å². The maximum atomic E-state index is 9.92. The first-order valence-electron chi connectivity index (χ1n) is 8.76. The third-order valence-electron chi connectivity index (χ3n) is 6.57. The quantitative estimate of drug-likeness (QED) is 0.567. The van der Waals surface area contributed by atoms with Crippen LogP contribution in [-0.2, 0) is 6.42 Å². The molecule has 124 valence electrons. The van der Waals surface area contributed by atoms with Gasteiger partial charge in [-0.25, -0.2) is 0 Å². The zero-order chi connectivity index (χ0) is 18.8. The van der Waals surface area contributed by atoms with Gasteiger partial charge in [-0.3, -0.25) is 0 Å². The van der Waals surface area contributed by atoms with Crippen molar-refractivity contribution in [2.45, 2.75) is 12.3 Å². The van der Waals surface area contributed by atoms with Gasteiger partial charge in [-0.05, 0) is 39.1 Å². The second-order valence-corrected chi connectivity index (χ2v) is 7.33. The van der Waals surface area contributed by atoms with E-state index < -0.39 is 16.7 Å². The second kappa shape index (κ2) is 4.86. The van der Waals surface area contributed by atoms with Gasteiger partial charge >= 0.3 is 0 Å². The standard InChI is InChI=1S/C23H12N4/c24-10-22(11-25)19-9-18-16-7-2-1-5-14(16)15-6-3-4-8-17(15)20(18)21(19)23(22,12-26)13-27/h1-8,19,21H,9H2/t19-,21-/m0/s1. The van der Waals surface area contributed by atoms with Crippen molar-refractivity contribution in [3.8, 4) is 24.3 Å². The number of hydrogen-bond donors (Lipinski definition) is 0. The highest BCUT2D eigenvalue weighted by molar-refractivity contribution is 6.11. The SMILES string of the molecule is N#CC1(C#N)[C@@H]2c3c(c4ccccc4c4ccccc34)C[C@@H]2C1(C#N)C#N. The van der Waals surface area contributed by atoms with Gasteiger partial charge in [0.15, 0.2) is 10.8 Å². The molecule has 1 fully saturated rings. The van der Waals surface area contributed by atoms with Crippen LogP contribution in [0.5, 0.6) is 0 Å². The van der Waals surface area contributed by atoms with Crippen LogP contribution in [0.1, 0.15) is 17.0 Å². The number of nitriles is 4. The van der Waals surface area contributed by atoms with Crippen molar-refractivity contribution < 1.29 is 0 Å². The summed E-state index contributed by atoms with van der Waals surface area (Å²) in [6.45, 7) is 0. The van der Waals surface area contributed by atoms with E-state index in [1.807, 2.05) is 42.5 Å². The van der Waals surface area contributed by atoms with Crippen molar-refractivity contribution in [3.63, 3.8) is 0 Å². The fraction of sp³-hybridized carbons (Fsp3) is 0.217. The highest BCUT2D eigenvalue weighted by Gasteiger charge is 2.77. The predicted molar refractivity (Wildman–Crippen MR) is 98.7 cm³/mol. The van der Waals surface area contributed by atoms with Gasteiger partial charge in [-0.1, -0.05) is 48.5 Å². The van der Waals surface area contributed by atoms with Crippen LogP contribution in [0.25, 0.3) is 21.5 Å². The molecular formula is C23H12N4. The van der Waals surface area contributed by atoms with Gasteiger partial charge in [0.25, 0.3) is 0 Å². The van der Waals surface area contributed by atoms with Crippen LogP contribution >= 0.6 is 0 Å². The number of benzene rings is 3. The van der Waals surface area contributed by atoms with Crippen molar-refractivity contribution in [1.82, 2.24) is 0 Å². The Morgan fingerprint density at radius 1 is 0.667 bits per heavy atom. The molecule has 0 aliphatic heterocycles. The minimum absolute atomic E-state index is 0.337. The van der Waals surface area contributed by atoms with E-state index in [-0.39, 0.29) is 5.92 Å². The Labute approximate surface area is 156 Å². The molecule has 3 aromatic rings. The summed E-state index contributed by atoms with van der Waals surface area (Å²) in [5, 5.41) is 43.7. The van der Waals surface area contributed by atoms with E-state index in [1.165, 1.54) is 0 Å². The van der Waals surface area contributed by atoms with E-state index in [2.05, 4.69) is 30.3 Å². The summed E-state index contributed by atoms with van der Waals surface area (Å²) in [6, 6.07) is 24.3. The Balaban J connectivity index is 1.95. The molecule has 0 amide bonds. The summed E-state index contributed by atoms with van der Waals surface area (Å²) in [5.41, 5.74) is -1.19. The van der Waals surface area contributed by atoms with Crippen LogP contribution in [0.15, 0.2) is 48.5 Å². The minimum Gasteiger partial charge on any atom is -0.196 e. The van der Waals surface area contributed by atoms with E-state index >= 15 is 0 Å². The Kier molecular flexibility index (Phi) is 2.77. The summed E-state index contributed by atoms with van der Waals surface area (Å²) in [6.07, 6.45) is 0.539. The van der Waals surface area contributed by atoms with Crippen molar-refractivity contribution in [1.29, 1.82) is 21.0 Å². The Morgan fingerprint density at radius 3 is 1.70 bits per heavy atom. The molecule has 0 saturated heterocycles. The first kappa shape index (κ1) is 15.4. The molecule has 0 radical (unpaired) electrons. The molecule has 0 aromatic heterocycles. The molecule has 0 bridgehead atoms. The van der Waals surface area contributed by atoms with E-state index in [1.54, 1.807) is 0 Å². The molecule has 5 rings (SSSR count). The first-order valence-corrected chi connectivity index (χ1v) is 8.76. The molecule has 4 nitrogen and oxygen atoms in total. The number of hydrogen-bond acceptors (Lipinski definition) is 4. The van der Waals surface area contributed by atoms with Crippen LogP contribution < -0.4 is 0 Å².